The molecule has 178 valence electrons. The van der Waals surface area contributed by atoms with Crippen LogP contribution in [0.3, 0.4) is 0 Å². The van der Waals surface area contributed by atoms with Gasteiger partial charge in [-0.25, -0.2) is 0 Å². The summed E-state index contributed by atoms with van der Waals surface area (Å²) in [6.45, 7) is 0.997. The molecule has 8 heteroatoms. The Morgan fingerprint density at radius 3 is 2.30 bits per heavy atom. The lowest BCUT2D eigenvalue weighted by Crippen LogP contribution is -2.48. The van der Waals surface area contributed by atoms with Crippen molar-refractivity contribution in [3.05, 3.63) is 58.1 Å². The van der Waals surface area contributed by atoms with Crippen molar-refractivity contribution in [1.82, 2.24) is 10.6 Å². The lowest BCUT2D eigenvalue weighted by Gasteiger charge is -2.26. The number of hydrogen-bond acceptors (Lipinski definition) is 4. The molecule has 3 rings (SSSR count). The van der Waals surface area contributed by atoms with E-state index in [0.717, 1.165) is 24.3 Å². The minimum Gasteiger partial charge on any atom is -0.497 e. The fourth-order valence-electron chi connectivity index (χ4n) is 4.14. The molecule has 1 atom stereocenters. The van der Waals surface area contributed by atoms with Crippen molar-refractivity contribution in [2.24, 2.45) is 5.92 Å². The minimum atomic E-state index is -0.612. The third-order valence-corrected chi connectivity index (χ3v) is 6.32. The van der Waals surface area contributed by atoms with Crippen LogP contribution in [0.4, 0.5) is 5.69 Å². The van der Waals surface area contributed by atoms with Crippen LogP contribution in [0.5, 0.6) is 5.75 Å². The molecule has 2 aromatic carbocycles. The Kier molecular flexibility index (Phi) is 9.70. The van der Waals surface area contributed by atoms with Gasteiger partial charge in [0.15, 0.2) is 0 Å². The quantitative estimate of drug-likeness (QED) is 0.394. The molecular formula is C25H31Cl2N3O3. The number of hydrogen-bond donors (Lipinski definition) is 3. The number of ether oxygens (including phenoxy) is 1. The molecule has 1 aliphatic rings. The number of anilines is 1. The van der Waals surface area contributed by atoms with Gasteiger partial charge in [-0.1, -0.05) is 55.3 Å². The van der Waals surface area contributed by atoms with Crippen LogP contribution in [0.2, 0.25) is 10.0 Å². The highest BCUT2D eigenvalue weighted by Gasteiger charge is 2.26. The van der Waals surface area contributed by atoms with E-state index in [1.54, 1.807) is 25.3 Å². The molecule has 0 spiro atoms. The van der Waals surface area contributed by atoms with Crippen LogP contribution in [0.25, 0.3) is 0 Å². The SMILES string of the molecule is COc1ccc(NCCNC(=O)[C@H](CC2CCCCC2)NC(=O)c2cc(Cl)cc(Cl)c2)cc1. The van der Waals surface area contributed by atoms with E-state index in [0.29, 0.717) is 41.0 Å². The summed E-state index contributed by atoms with van der Waals surface area (Å²) < 4.78 is 5.16. The van der Waals surface area contributed by atoms with Crippen LogP contribution in [-0.4, -0.2) is 38.1 Å². The van der Waals surface area contributed by atoms with E-state index in [4.69, 9.17) is 27.9 Å². The van der Waals surface area contributed by atoms with E-state index in [1.165, 1.54) is 19.3 Å². The molecule has 6 nitrogen and oxygen atoms in total. The molecule has 0 aliphatic heterocycles. The molecule has 1 aliphatic carbocycles. The molecule has 0 heterocycles. The molecule has 0 aromatic heterocycles. The van der Waals surface area contributed by atoms with E-state index < -0.39 is 6.04 Å². The van der Waals surface area contributed by atoms with Crippen molar-refractivity contribution >= 4 is 40.7 Å². The van der Waals surface area contributed by atoms with Crippen LogP contribution in [0.1, 0.15) is 48.9 Å². The van der Waals surface area contributed by atoms with Crippen molar-refractivity contribution in [2.75, 3.05) is 25.5 Å². The Morgan fingerprint density at radius 2 is 1.67 bits per heavy atom. The molecule has 2 amide bonds. The van der Waals surface area contributed by atoms with Gasteiger partial charge in [-0.15, -0.1) is 0 Å². The fourth-order valence-corrected chi connectivity index (χ4v) is 4.66. The Bertz CT molecular complexity index is 911. The van der Waals surface area contributed by atoms with Crippen molar-refractivity contribution in [3.8, 4) is 5.75 Å². The van der Waals surface area contributed by atoms with Gasteiger partial charge in [-0.3, -0.25) is 9.59 Å². The second kappa shape index (κ2) is 12.7. The number of halogens is 2. The monoisotopic (exact) mass is 491 g/mol. The number of methoxy groups -OCH3 is 1. The van der Waals surface area contributed by atoms with Gasteiger partial charge in [0, 0.05) is 34.4 Å². The third kappa shape index (κ3) is 8.13. The average molecular weight is 492 g/mol. The lowest BCUT2D eigenvalue weighted by molar-refractivity contribution is -0.123. The zero-order chi connectivity index (χ0) is 23.6. The van der Waals surface area contributed by atoms with Crippen molar-refractivity contribution in [2.45, 2.75) is 44.6 Å². The van der Waals surface area contributed by atoms with Gasteiger partial charge in [0.25, 0.3) is 5.91 Å². The molecule has 0 saturated heterocycles. The fraction of sp³-hybridized carbons (Fsp3) is 0.440. The largest absolute Gasteiger partial charge is 0.497 e. The average Bonchev–Trinajstić information content (AvgIpc) is 2.81. The Labute approximate surface area is 205 Å². The van der Waals surface area contributed by atoms with Crippen LogP contribution in [-0.2, 0) is 4.79 Å². The number of rotatable bonds is 10. The Balaban J connectivity index is 1.57. The predicted octanol–water partition coefficient (Wildman–Crippen LogP) is 5.30. The van der Waals surface area contributed by atoms with Gasteiger partial charge < -0.3 is 20.7 Å². The first kappa shape index (κ1) is 25.2. The van der Waals surface area contributed by atoms with E-state index in [9.17, 15) is 9.59 Å². The van der Waals surface area contributed by atoms with E-state index >= 15 is 0 Å². The van der Waals surface area contributed by atoms with Gasteiger partial charge in [0.1, 0.15) is 11.8 Å². The molecule has 1 saturated carbocycles. The lowest BCUT2D eigenvalue weighted by atomic mass is 9.84. The van der Waals surface area contributed by atoms with Crippen LogP contribution in [0, 0.1) is 5.92 Å². The molecule has 1 fully saturated rings. The van der Waals surface area contributed by atoms with Gasteiger partial charge in [-0.2, -0.15) is 0 Å². The summed E-state index contributed by atoms with van der Waals surface area (Å²) in [6.07, 6.45) is 6.37. The molecule has 0 unspecified atom stereocenters. The van der Waals surface area contributed by atoms with Crippen molar-refractivity contribution < 1.29 is 14.3 Å². The normalized spacial score (nSPS) is 14.9. The number of nitrogens with one attached hydrogen (secondary N) is 3. The van der Waals surface area contributed by atoms with Gasteiger partial charge >= 0.3 is 0 Å². The molecular weight excluding hydrogens is 461 g/mol. The summed E-state index contributed by atoms with van der Waals surface area (Å²) in [5.41, 5.74) is 1.28. The second-order valence-corrected chi connectivity index (χ2v) is 9.24. The summed E-state index contributed by atoms with van der Waals surface area (Å²) in [6, 6.07) is 11.7. The number of carbonyl (C=O) groups is 2. The minimum absolute atomic E-state index is 0.182. The summed E-state index contributed by atoms with van der Waals surface area (Å²) in [5, 5.41) is 9.88. The van der Waals surface area contributed by atoms with E-state index in [-0.39, 0.29) is 11.8 Å². The molecule has 0 bridgehead atoms. The molecule has 2 aromatic rings. The van der Waals surface area contributed by atoms with E-state index in [2.05, 4.69) is 16.0 Å². The van der Waals surface area contributed by atoms with Crippen molar-refractivity contribution in [1.29, 1.82) is 0 Å². The van der Waals surface area contributed by atoms with Crippen molar-refractivity contribution in [3.63, 3.8) is 0 Å². The first-order valence-corrected chi connectivity index (χ1v) is 12.1. The highest BCUT2D eigenvalue weighted by atomic mass is 35.5. The Morgan fingerprint density at radius 1 is 1.00 bits per heavy atom. The van der Waals surface area contributed by atoms with Gasteiger partial charge in [-0.05, 0) is 54.8 Å². The van der Waals surface area contributed by atoms with Crippen LogP contribution in [0.15, 0.2) is 42.5 Å². The maximum Gasteiger partial charge on any atom is 0.252 e. The summed E-state index contributed by atoms with van der Waals surface area (Å²) >= 11 is 12.1. The highest BCUT2D eigenvalue weighted by Crippen LogP contribution is 2.27. The second-order valence-electron chi connectivity index (χ2n) is 8.37. The highest BCUT2D eigenvalue weighted by molar-refractivity contribution is 6.35. The number of carbonyl (C=O) groups excluding carboxylic acids is 2. The molecule has 3 N–H and O–H groups in total. The number of benzene rings is 2. The first-order chi connectivity index (χ1) is 15.9. The maximum absolute atomic E-state index is 13.0. The van der Waals surface area contributed by atoms with Crippen LogP contribution < -0.4 is 20.7 Å². The van der Waals surface area contributed by atoms with Crippen LogP contribution >= 0.6 is 23.2 Å². The zero-order valence-electron chi connectivity index (χ0n) is 18.8. The van der Waals surface area contributed by atoms with Gasteiger partial charge in [0.2, 0.25) is 5.91 Å². The number of amides is 2. The molecule has 33 heavy (non-hydrogen) atoms. The topological polar surface area (TPSA) is 79.5 Å². The van der Waals surface area contributed by atoms with E-state index in [1.807, 2.05) is 24.3 Å². The smallest absolute Gasteiger partial charge is 0.252 e. The predicted molar refractivity (Wildman–Crippen MR) is 133 cm³/mol. The summed E-state index contributed by atoms with van der Waals surface area (Å²) in [4.78, 5) is 25.8. The first-order valence-electron chi connectivity index (χ1n) is 11.4. The molecule has 0 radical (unpaired) electrons. The zero-order valence-corrected chi connectivity index (χ0v) is 20.3. The summed E-state index contributed by atoms with van der Waals surface area (Å²) in [5.74, 6) is 0.677. The van der Waals surface area contributed by atoms with Gasteiger partial charge in [0.05, 0.1) is 7.11 Å². The Hall–Kier alpha value is -2.44. The maximum atomic E-state index is 13.0. The summed E-state index contributed by atoms with van der Waals surface area (Å²) in [7, 11) is 1.63. The standard InChI is InChI=1S/C25H31Cl2N3O3/c1-33-22-9-7-21(8-10-22)28-11-12-29-25(32)23(13-17-5-3-2-4-6-17)30-24(31)18-14-19(26)16-20(27)15-18/h7-10,14-17,23,28H,2-6,11-13H2,1H3,(H,29,32)(H,30,31)/t23-/m0/s1. The third-order valence-electron chi connectivity index (χ3n) is 5.88.